The molecule has 0 unspecified atom stereocenters. The zero-order valence-corrected chi connectivity index (χ0v) is 10.8. The van der Waals surface area contributed by atoms with Gasteiger partial charge in [0, 0.05) is 17.7 Å². The summed E-state index contributed by atoms with van der Waals surface area (Å²) in [4.78, 5) is 11.9. The minimum absolute atomic E-state index is 0.0710. The molecule has 1 heterocycles. The lowest BCUT2D eigenvalue weighted by molar-refractivity contribution is -0.645. The molecule has 2 rings (SSSR count). The Kier molecular flexibility index (Phi) is 4.16. The van der Waals surface area contributed by atoms with Crippen LogP contribution in [0.4, 0.5) is 0 Å². The molecular weight excluding hydrogens is 260 g/mol. The third-order valence-electron chi connectivity index (χ3n) is 2.48. The number of carbonyl (C=O) groups is 1. The molecule has 0 radical (unpaired) electrons. The van der Waals surface area contributed by atoms with Crippen molar-refractivity contribution >= 4 is 17.5 Å². The summed E-state index contributed by atoms with van der Waals surface area (Å²) in [6, 6.07) is 13.5. The number of Topliss-reactive ketones (excluding diaryl/α,β-unsaturated/α-hetero) is 1. The van der Waals surface area contributed by atoms with Gasteiger partial charge in [-0.1, -0.05) is 12.1 Å². The van der Waals surface area contributed by atoms with E-state index in [9.17, 15) is 10.0 Å². The molecule has 0 aliphatic heterocycles. The van der Waals surface area contributed by atoms with Crippen LogP contribution in [0.5, 0.6) is 0 Å². The predicted octanol–water partition coefficient (Wildman–Crippen LogP) is 2.17. The maximum atomic E-state index is 11.9. The lowest BCUT2D eigenvalue weighted by Gasteiger charge is -2.03. The molecule has 0 bridgehead atoms. The molecular formula is C14H10N2O2S. The number of nitriles is 1. The molecule has 1 aromatic carbocycles. The highest BCUT2D eigenvalue weighted by Gasteiger charge is 2.10. The van der Waals surface area contributed by atoms with Gasteiger partial charge in [0.25, 0.3) is 5.03 Å². The Balaban J connectivity index is 2.02. The highest BCUT2D eigenvalue weighted by atomic mass is 32.2. The molecule has 0 spiro atoms. The highest BCUT2D eigenvalue weighted by molar-refractivity contribution is 7.99. The van der Waals surface area contributed by atoms with Gasteiger partial charge in [-0.05, 0) is 30.0 Å². The fraction of sp³-hybridized carbons (Fsp3) is 0.0714. The Hall–Kier alpha value is -2.32. The third-order valence-corrected chi connectivity index (χ3v) is 3.49. The maximum Gasteiger partial charge on any atom is 0.251 e. The smallest absolute Gasteiger partial charge is 0.251 e. The van der Waals surface area contributed by atoms with Gasteiger partial charge in [-0.2, -0.15) is 9.99 Å². The van der Waals surface area contributed by atoms with Crippen LogP contribution in [0.15, 0.2) is 53.7 Å². The van der Waals surface area contributed by atoms with Crippen molar-refractivity contribution in [3.8, 4) is 6.07 Å². The summed E-state index contributed by atoms with van der Waals surface area (Å²) < 4.78 is 0.733. The van der Waals surface area contributed by atoms with E-state index in [2.05, 4.69) is 0 Å². The standard InChI is InChI=1S/C14H10N2O2S/c15-9-11-4-6-12(7-5-11)13(17)10-19-14-3-1-2-8-16(14)18/h1-8H,10H2. The number of carbonyl (C=O) groups excluding carboxylic acids is 1. The third kappa shape index (κ3) is 3.33. The van der Waals surface area contributed by atoms with Crippen LogP contribution >= 0.6 is 11.8 Å². The maximum absolute atomic E-state index is 11.9. The fourth-order valence-electron chi connectivity index (χ4n) is 1.48. The average molecular weight is 270 g/mol. The summed E-state index contributed by atoms with van der Waals surface area (Å²) in [6.45, 7) is 0. The first-order valence-corrected chi connectivity index (χ1v) is 6.53. The molecule has 0 saturated carbocycles. The predicted molar refractivity (Wildman–Crippen MR) is 71.6 cm³/mol. The number of benzene rings is 1. The van der Waals surface area contributed by atoms with Gasteiger partial charge in [0.2, 0.25) is 0 Å². The van der Waals surface area contributed by atoms with Crippen molar-refractivity contribution in [2.45, 2.75) is 5.03 Å². The van der Waals surface area contributed by atoms with Crippen molar-refractivity contribution in [1.29, 1.82) is 5.26 Å². The number of thioether (sulfide) groups is 1. The number of nitrogens with zero attached hydrogens (tertiary/aromatic N) is 2. The number of pyridine rings is 1. The Morgan fingerprint density at radius 3 is 2.63 bits per heavy atom. The van der Waals surface area contributed by atoms with E-state index in [1.807, 2.05) is 6.07 Å². The number of hydrogen-bond acceptors (Lipinski definition) is 4. The van der Waals surface area contributed by atoms with E-state index in [0.717, 1.165) is 4.73 Å². The van der Waals surface area contributed by atoms with Crippen molar-refractivity contribution in [3.05, 3.63) is 65.0 Å². The summed E-state index contributed by atoms with van der Waals surface area (Å²) in [5, 5.41) is 20.6. The number of aromatic nitrogens is 1. The quantitative estimate of drug-likeness (QED) is 0.369. The van der Waals surface area contributed by atoms with Crippen LogP contribution in [0.2, 0.25) is 0 Å². The van der Waals surface area contributed by atoms with E-state index in [0.29, 0.717) is 16.2 Å². The van der Waals surface area contributed by atoms with Crippen LogP contribution in [0.25, 0.3) is 0 Å². The van der Waals surface area contributed by atoms with E-state index in [4.69, 9.17) is 5.26 Å². The SMILES string of the molecule is N#Cc1ccc(C(=O)CSc2cccc[n+]2[O-])cc1. The molecule has 4 nitrogen and oxygen atoms in total. The van der Waals surface area contributed by atoms with E-state index >= 15 is 0 Å². The minimum atomic E-state index is -0.0710. The van der Waals surface area contributed by atoms with Gasteiger partial charge >= 0.3 is 0 Å². The average Bonchev–Trinajstić information content (AvgIpc) is 2.46. The van der Waals surface area contributed by atoms with E-state index < -0.39 is 0 Å². The molecule has 0 N–H and O–H groups in total. The topological polar surface area (TPSA) is 67.8 Å². The summed E-state index contributed by atoms with van der Waals surface area (Å²) >= 11 is 1.20. The molecule has 0 aliphatic rings. The molecule has 19 heavy (non-hydrogen) atoms. The van der Waals surface area contributed by atoms with Crippen LogP contribution in [0.3, 0.4) is 0 Å². The van der Waals surface area contributed by atoms with Gasteiger partial charge in [0.1, 0.15) is 0 Å². The van der Waals surface area contributed by atoms with Crippen molar-refractivity contribution < 1.29 is 9.52 Å². The van der Waals surface area contributed by atoms with Crippen LogP contribution in [0, 0.1) is 16.5 Å². The zero-order valence-electron chi connectivity index (χ0n) is 9.95. The van der Waals surface area contributed by atoms with Gasteiger partial charge < -0.3 is 5.21 Å². The Morgan fingerprint density at radius 1 is 1.26 bits per heavy atom. The van der Waals surface area contributed by atoms with Gasteiger partial charge in [0.05, 0.1) is 17.4 Å². The van der Waals surface area contributed by atoms with Gasteiger partial charge in [-0.3, -0.25) is 4.79 Å². The second kappa shape index (κ2) is 6.03. The van der Waals surface area contributed by atoms with Gasteiger partial charge in [-0.15, -0.1) is 0 Å². The van der Waals surface area contributed by atoms with Crippen molar-refractivity contribution in [2.75, 3.05) is 5.75 Å². The monoisotopic (exact) mass is 270 g/mol. The largest absolute Gasteiger partial charge is 0.618 e. The van der Waals surface area contributed by atoms with Crippen LogP contribution < -0.4 is 4.73 Å². The molecule has 0 amide bonds. The Bertz CT molecular complexity index is 633. The first-order valence-electron chi connectivity index (χ1n) is 5.55. The molecule has 0 saturated heterocycles. The molecule has 94 valence electrons. The molecule has 1 aromatic heterocycles. The van der Waals surface area contributed by atoms with Crippen LogP contribution in [-0.2, 0) is 0 Å². The van der Waals surface area contributed by atoms with Crippen molar-refractivity contribution in [1.82, 2.24) is 0 Å². The van der Waals surface area contributed by atoms with E-state index in [1.165, 1.54) is 18.0 Å². The van der Waals surface area contributed by atoms with E-state index in [-0.39, 0.29) is 11.5 Å². The Labute approximate surface area is 114 Å². The summed E-state index contributed by atoms with van der Waals surface area (Å²) in [6.07, 6.45) is 1.40. The normalized spacial score (nSPS) is 9.84. The van der Waals surface area contributed by atoms with Crippen LogP contribution in [-0.4, -0.2) is 11.5 Å². The van der Waals surface area contributed by atoms with Crippen LogP contribution in [0.1, 0.15) is 15.9 Å². The van der Waals surface area contributed by atoms with E-state index in [1.54, 1.807) is 42.5 Å². The lowest BCUT2D eigenvalue weighted by Crippen LogP contribution is -2.28. The molecule has 0 atom stereocenters. The molecule has 5 heteroatoms. The Morgan fingerprint density at radius 2 is 2.00 bits per heavy atom. The van der Waals surface area contributed by atoms with Gasteiger partial charge in [-0.25, -0.2) is 0 Å². The molecule has 2 aromatic rings. The number of rotatable bonds is 4. The highest BCUT2D eigenvalue weighted by Crippen LogP contribution is 2.15. The lowest BCUT2D eigenvalue weighted by atomic mass is 10.1. The summed E-state index contributed by atoms with van der Waals surface area (Å²) in [7, 11) is 0. The van der Waals surface area contributed by atoms with Crippen molar-refractivity contribution in [2.24, 2.45) is 0 Å². The fourth-order valence-corrected chi connectivity index (χ4v) is 2.29. The number of ketones is 1. The van der Waals surface area contributed by atoms with Crippen molar-refractivity contribution in [3.63, 3.8) is 0 Å². The summed E-state index contributed by atoms with van der Waals surface area (Å²) in [5.74, 6) is 0.122. The number of hydrogen-bond donors (Lipinski definition) is 0. The molecule has 0 aliphatic carbocycles. The summed E-state index contributed by atoms with van der Waals surface area (Å²) in [5.41, 5.74) is 1.06. The zero-order chi connectivity index (χ0) is 13.7. The first-order chi connectivity index (χ1) is 9.20. The second-order valence-corrected chi connectivity index (χ2v) is 4.76. The van der Waals surface area contributed by atoms with Gasteiger partial charge in [0.15, 0.2) is 12.0 Å². The first kappa shape index (κ1) is 13.1. The second-order valence-electron chi connectivity index (χ2n) is 3.77. The minimum Gasteiger partial charge on any atom is -0.618 e. The molecule has 0 fully saturated rings.